The second-order valence-electron chi connectivity index (χ2n) is 8.61. The van der Waals surface area contributed by atoms with Gasteiger partial charge in [0.15, 0.2) is 0 Å². The Labute approximate surface area is 241 Å². The zero-order valence-electron chi connectivity index (χ0n) is 19.8. The Bertz CT molecular complexity index is 2030. The van der Waals surface area contributed by atoms with E-state index in [1.807, 2.05) is 36.4 Å². The lowest BCUT2D eigenvalue weighted by molar-refractivity contribution is 0.624. The van der Waals surface area contributed by atoms with Gasteiger partial charge in [0.05, 0.1) is 34.2 Å². The summed E-state index contributed by atoms with van der Waals surface area (Å²) in [6.45, 7) is 0. The van der Waals surface area contributed by atoms with Crippen LogP contribution in [0.5, 0.6) is 0 Å². The molecule has 0 aliphatic carbocycles. The Kier molecular flexibility index (Phi) is 5.91. The van der Waals surface area contributed by atoms with E-state index in [1.165, 1.54) is 46.9 Å². The maximum atomic E-state index is 14.3. The molecular weight excluding hydrogens is 587 g/mol. The Balaban J connectivity index is 1.35. The van der Waals surface area contributed by atoms with Crippen molar-refractivity contribution >= 4 is 68.2 Å². The summed E-state index contributed by atoms with van der Waals surface area (Å²) >= 11 is 5.15. The van der Waals surface area contributed by atoms with Gasteiger partial charge < -0.3 is 0 Å². The molecule has 0 unspecified atom stereocenters. The zero-order chi connectivity index (χ0) is 27.4. The van der Waals surface area contributed by atoms with E-state index in [-0.39, 0.29) is 11.1 Å². The van der Waals surface area contributed by atoms with E-state index in [0.717, 1.165) is 53.7 Å². The average molecular weight is 597 g/mol. The van der Waals surface area contributed by atoms with Crippen LogP contribution in [-0.2, 0) is 11.4 Å². The third-order valence-corrected chi connectivity index (χ3v) is 9.74. The number of benzene rings is 3. The summed E-state index contributed by atoms with van der Waals surface area (Å²) < 4.78 is 47.1. The van der Waals surface area contributed by atoms with Crippen molar-refractivity contribution < 1.29 is 8.78 Å². The van der Waals surface area contributed by atoms with Crippen molar-refractivity contribution in [1.29, 1.82) is 10.5 Å². The van der Waals surface area contributed by atoms with Crippen LogP contribution in [0.15, 0.2) is 69.4 Å². The van der Waals surface area contributed by atoms with Gasteiger partial charge in [-0.2, -0.15) is 28.0 Å². The molecule has 0 saturated heterocycles. The van der Waals surface area contributed by atoms with Gasteiger partial charge in [0.2, 0.25) is 0 Å². The minimum Gasteiger partial charge on any atom is -0.206 e. The number of fused-ring (bicyclic) bond motifs is 2. The van der Waals surface area contributed by atoms with E-state index in [4.69, 9.17) is 10.5 Å². The van der Waals surface area contributed by atoms with Crippen molar-refractivity contribution in [2.45, 2.75) is 0 Å². The number of nitrogens with zero attached hydrogens (tertiary/aromatic N) is 6. The molecule has 3 aromatic carbocycles. The monoisotopic (exact) mass is 596 g/mol. The molecule has 12 heteroatoms. The molecule has 0 radical (unpaired) electrons. The standard InChI is InChI=1S/C28H10F2N6S4/c29-17-9-13(1-3-15(17)11-31)19-5-7-21(37-19)23-25-27(35-39-33-25)24(28-26(23)34-40-36-28)22-8-6-20(38-22)14-2-4-16(12-32)18(30)10-14/h1-10H. The van der Waals surface area contributed by atoms with Crippen LogP contribution in [-0.4, -0.2) is 8.75 Å². The van der Waals surface area contributed by atoms with E-state index >= 15 is 0 Å². The van der Waals surface area contributed by atoms with Gasteiger partial charge in [0, 0.05) is 30.6 Å². The Hall–Kier alpha value is -4.46. The van der Waals surface area contributed by atoms with Gasteiger partial charge in [0.1, 0.15) is 46.2 Å². The van der Waals surface area contributed by atoms with Crippen molar-refractivity contribution in [3.05, 3.63) is 83.4 Å². The van der Waals surface area contributed by atoms with Crippen LogP contribution in [0.3, 0.4) is 0 Å². The van der Waals surface area contributed by atoms with Gasteiger partial charge in [-0.3, -0.25) is 0 Å². The number of halogens is 2. The number of hydrogen-bond donors (Lipinski definition) is 0. The molecule has 6 aromatic rings. The summed E-state index contributed by atoms with van der Waals surface area (Å²) in [6, 6.07) is 20.6. The molecule has 0 bridgehead atoms. The first kappa shape index (κ1) is 24.6. The summed E-state index contributed by atoms with van der Waals surface area (Å²) in [7, 11) is 0. The van der Waals surface area contributed by atoms with Crippen LogP contribution in [0, 0.1) is 34.3 Å². The molecule has 1 aliphatic rings. The van der Waals surface area contributed by atoms with Gasteiger partial charge in [-0.25, -0.2) is 8.78 Å². The van der Waals surface area contributed by atoms with Crippen LogP contribution in [0.1, 0.15) is 11.1 Å². The quantitative estimate of drug-likeness (QED) is 0.202. The molecule has 0 amide bonds. The summed E-state index contributed by atoms with van der Waals surface area (Å²) in [5.41, 5.74) is 5.76. The average Bonchev–Trinajstić information content (AvgIpc) is 3.78. The molecule has 0 saturated carbocycles. The van der Waals surface area contributed by atoms with E-state index in [2.05, 4.69) is 17.5 Å². The van der Waals surface area contributed by atoms with Gasteiger partial charge in [-0.05, 0) is 59.7 Å². The molecular formula is C28H10F2N6S4. The van der Waals surface area contributed by atoms with E-state index in [0.29, 0.717) is 33.5 Å². The van der Waals surface area contributed by atoms with Crippen LogP contribution in [0.4, 0.5) is 20.2 Å². The summed E-state index contributed by atoms with van der Waals surface area (Å²) in [6.07, 6.45) is 0. The Morgan fingerprint density at radius 2 is 1.05 bits per heavy atom. The lowest BCUT2D eigenvalue weighted by atomic mass is 10.0. The highest BCUT2D eigenvalue weighted by Gasteiger charge is 2.28. The highest BCUT2D eigenvalue weighted by molar-refractivity contribution is 7.58. The molecule has 0 N–H and O–H groups in total. The highest BCUT2D eigenvalue weighted by atomic mass is 32.1. The summed E-state index contributed by atoms with van der Waals surface area (Å²) in [5, 5.41) is 18.1. The molecule has 1 aliphatic heterocycles. The first-order valence-electron chi connectivity index (χ1n) is 11.6. The zero-order valence-corrected chi connectivity index (χ0v) is 23.1. The molecule has 7 rings (SSSR count). The first-order valence-corrected chi connectivity index (χ1v) is 14.7. The number of hydrogen-bond acceptors (Lipinski definition) is 9. The predicted molar refractivity (Wildman–Crippen MR) is 156 cm³/mol. The van der Waals surface area contributed by atoms with Crippen molar-refractivity contribution in [1.82, 2.24) is 8.75 Å². The number of nitriles is 2. The van der Waals surface area contributed by atoms with Crippen LogP contribution >= 0.6 is 34.4 Å². The van der Waals surface area contributed by atoms with E-state index in [1.54, 1.807) is 12.1 Å². The molecule has 3 aromatic heterocycles. The molecule has 0 spiro atoms. The topological polar surface area (TPSA) is 98.1 Å². The van der Waals surface area contributed by atoms with Crippen molar-refractivity contribution in [2.24, 2.45) is 8.73 Å². The predicted octanol–water partition coefficient (Wildman–Crippen LogP) is 9.23. The van der Waals surface area contributed by atoms with E-state index in [9.17, 15) is 8.78 Å². The third kappa shape index (κ3) is 3.89. The molecule has 4 heterocycles. The fraction of sp³-hybridized carbons (Fsp3) is 0. The number of aromatic nitrogens is 2. The lowest BCUT2D eigenvalue weighted by Crippen LogP contribution is -1.85. The third-order valence-electron chi connectivity index (χ3n) is 6.38. The maximum absolute atomic E-state index is 14.3. The normalized spacial score (nSPS) is 11.8. The van der Waals surface area contributed by atoms with Gasteiger partial charge >= 0.3 is 0 Å². The van der Waals surface area contributed by atoms with Crippen LogP contribution in [0.2, 0.25) is 0 Å². The fourth-order valence-electron chi connectivity index (χ4n) is 4.50. The maximum Gasteiger partial charge on any atom is 0.141 e. The minimum atomic E-state index is -0.560. The fourth-order valence-corrected chi connectivity index (χ4v) is 7.72. The molecule has 190 valence electrons. The number of thiophene rings is 2. The van der Waals surface area contributed by atoms with Crippen molar-refractivity contribution in [3.63, 3.8) is 0 Å². The van der Waals surface area contributed by atoms with Crippen LogP contribution < -0.4 is 0 Å². The summed E-state index contributed by atoms with van der Waals surface area (Å²) in [4.78, 5) is 3.46. The molecule has 0 fully saturated rings. The second-order valence-corrected chi connectivity index (χ2v) is 11.8. The number of rotatable bonds is 4. The van der Waals surface area contributed by atoms with Gasteiger partial charge in [-0.15, -0.1) is 22.7 Å². The molecule has 6 nitrogen and oxygen atoms in total. The SMILES string of the molecule is N#Cc1ccc(-c2ccc(-c3c4c(c(-c5ccc(-c6ccc(C#N)c(F)c6)s5)c5nsnc35)N=S=N4)s2)cc1F. The largest absolute Gasteiger partial charge is 0.206 e. The first-order chi connectivity index (χ1) is 19.6. The minimum absolute atomic E-state index is 0.00248. The highest BCUT2D eigenvalue weighted by Crippen LogP contribution is 2.54. The van der Waals surface area contributed by atoms with Crippen LogP contribution in [0.25, 0.3) is 52.8 Å². The van der Waals surface area contributed by atoms with Gasteiger partial charge in [-0.1, -0.05) is 12.1 Å². The van der Waals surface area contributed by atoms with Crippen molar-refractivity contribution in [3.8, 4) is 53.9 Å². The molecule has 0 atom stereocenters. The van der Waals surface area contributed by atoms with Gasteiger partial charge in [0.25, 0.3) is 0 Å². The Morgan fingerprint density at radius 3 is 1.48 bits per heavy atom. The molecule has 40 heavy (non-hydrogen) atoms. The lowest BCUT2D eigenvalue weighted by Gasteiger charge is -2.09. The second kappa shape index (κ2) is 9.62. The smallest absolute Gasteiger partial charge is 0.141 e. The summed E-state index contributed by atoms with van der Waals surface area (Å²) in [5.74, 6) is -1.12. The van der Waals surface area contributed by atoms with Crippen molar-refractivity contribution in [2.75, 3.05) is 0 Å². The van der Waals surface area contributed by atoms with E-state index < -0.39 is 11.6 Å². The Morgan fingerprint density at radius 1 is 0.600 bits per heavy atom.